The molecular formula is C13H18N2O2. The first-order chi connectivity index (χ1) is 8.13. The van der Waals surface area contributed by atoms with Gasteiger partial charge < -0.3 is 15.7 Å². The zero-order chi connectivity index (χ0) is 12.4. The fraction of sp³-hybridized carbons (Fsp3) is 0.462. The van der Waals surface area contributed by atoms with Crippen molar-refractivity contribution in [1.82, 2.24) is 5.32 Å². The lowest BCUT2D eigenvalue weighted by Gasteiger charge is -2.11. The Labute approximate surface area is 101 Å². The van der Waals surface area contributed by atoms with E-state index in [1.807, 2.05) is 19.9 Å². The predicted molar refractivity (Wildman–Crippen MR) is 67.0 cm³/mol. The number of carbonyl (C=O) groups excluding carboxylic acids is 1. The molecule has 0 aromatic heterocycles. The first kappa shape index (κ1) is 12.1. The van der Waals surface area contributed by atoms with Gasteiger partial charge in [0.15, 0.2) is 0 Å². The quantitative estimate of drug-likeness (QED) is 0.687. The second-order valence-corrected chi connectivity index (χ2v) is 4.50. The van der Waals surface area contributed by atoms with E-state index in [0.717, 1.165) is 22.4 Å². The minimum atomic E-state index is -0.282. The van der Waals surface area contributed by atoms with Crippen LogP contribution in [0, 0.1) is 13.8 Å². The van der Waals surface area contributed by atoms with Gasteiger partial charge in [0.25, 0.3) is 0 Å². The molecule has 0 saturated heterocycles. The van der Waals surface area contributed by atoms with Crippen LogP contribution in [-0.2, 0) is 4.79 Å². The lowest BCUT2D eigenvalue weighted by Crippen LogP contribution is -2.28. The van der Waals surface area contributed by atoms with Crippen molar-refractivity contribution in [3.05, 3.63) is 28.8 Å². The molecule has 1 aromatic carbocycles. The molecule has 0 aliphatic carbocycles. The number of amides is 1. The molecule has 1 aliphatic rings. The van der Waals surface area contributed by atoms with Crippen LogP contribution >= 0.6 is 0 Å². The molecule has 1 aliphatic heterocycles. The van der Waals surface area contributed by atoms with Gasteiger partial charge in [-0.15, -0.1) is 0 Å². The van der Waals surface area contributed by atoms with Crippen LogP contribution in [0.2, 0.25) is 0 Å². The summed E-state index contributed by atoms with van der Waals surface area (Å²) in [6, 6.07) is 3.82. The van der Waals surface area contributed by atoms with Crippen molar-refractivity contribution in [2.24, 2.45) is 0 Å². The van der Waals surface area contributed by atoms with E-state index in [-0.39, 0.29) is 18.6 Å². The summed E-state index contributed by atoms with van der Waals surface area (Å²) in [6.45, 7) is 4.81. The van der Waals surface area contributed by atoms with Crippen molar-refractivity contribution in [2.45, 2.75) is 26.3 Å². The van der Waals surface area contributed by atoms with Crippen molar-refractivity contribution in [3.8, 4) is 0 Å². The molecule has 0 spiro atoms. The number of hydrogen-bond acceptors (Lipinski definition) is 3. The standard InChI is InChI=1S/C13H18N2O2/c1-8-6-9(2)11-10(7-8)12(13(17)15-11)14-4-3-5-16/h6-7,12,14,16H,3-5H2,1-2H3,(H,15,17). The number of hydrogen-bond donors (Lipinski definition) is 3. The Hall–Kier alpha value is -1.39. The summed E-state index contributed by atoms with van der Waals surface area (Å²) >= 11 is 0. The van der Waals surface area contributed by atoms with Gasteiger partial charge in [-0.25, -0.2) is 0 Å². The highest BCUT2D eigenvalue weighted by Gasteiger charge is 2.30. The molecule has 1 unspecified atom stereocenters. The smallest absolute Gasteiger partial charge is 0.246 e. The molecule has 1 heterocycles. The van der Waals surface area contributed by atoms with Gasteiger partial charge in [-0.3, -0.25) is 4.79 Å². The molecule has 92 valence electrons. The van der Waals surface area contributed by atoms with Crippen LogP contribution in [0.5, 0.6) is 0 Å². The average molecular weight is 234 g/mol. The molecule has 4 nitrogen and oxygen atoms in total. The first-order valence-electron chi connectivity index (χ1n) is 5.89. The molecular weight excluding hydrogens is 216 g/mol. The average Bonchev–Trinajstić information content (AvgIpc) is 2.57. The van der Waals surface area contributed by atoms with Gasteiger partial charge >= 0.3 is 0 Å². The zero-order valence-electron chi connectivity index (χ0n) is 10.2. The van der Waals surface area contributed by atoms with Crippen LogP contribution in [0.25, 0.3) is 0 Å². The number of fused-ring (bicyclic) bond motifs is 1. The molecule has 3 N–H and O–H groups in total. The van der Waals surface area contributed by atoms with E-state index in [0.29, 0.717) is 13.0 Å². The van der Waals surface area contributed by atoms with Crippen LogP contribution in [0.15, 0.2) is 12.1 Å². The van der Waals surface area contributed by atoms with Crippen LogP contribution in [0.3, 0.4) is 0 Å². The third-order valence-electron chi connectivity index (χ3n) is 3.02. The largest absolute Gasteiger partial charge is 0.396 e. The van der Waals surface area contributed by atoms with Gasteiger partial charge in [-0.05, 0) is 32.4 Å². The number of benzene rings is 1. The number of aliphatic hydroxyl groups excluding tert-OH is 1. The first-order valence-corrected chi connectivity index (χ1v) is 5.89. The van der Waals surface area contributed by atoms with E-state index in [9.17, 15) is 4.79 Å². The van der Waals surface area contributed by atoms with Crippen LogP contribution in [0.1, 0.15) is 29.2 Å². The number of anilines is 1. The Kier molecular flexibility index (Phi) is 3.45. The van der Waals surface area contributed by atoms with Crippen LogP contribution in [-0.4, -0.2) is 24.2 Å². The van der Waals surface area contributed by atoms with E-state index in [2.05, 4.69) is 16.7 Å². The maximum Gasteiger partial charge on any atom is 0.246 e. The van der Waals surface area contributed by atoms with Crippen molar-refractivity contribution in [2.75, 3.05) is 18.5 Å². The Bertz CT molecular complexity index is 443. The number of rotatable bonds is 4. The monoisotopic (exact) mass is 234 g/mol. The van der Waals surface area contributed by atoms with E-state index in [1.165, 1.54) is 0 Å². The highest BCUT2D eigenvalue weighted by molar-refractivity contribution is 6.03. The molecule has 1 amide bonds. The van der Waals surface area contributed by atoms with Crippen molar-refractivity contribution >= 4 is 11.6 Å². The fourth-order valence-electron chi connectivity index (χ4n) is 2.26. The van der Waals surface area contributed by atoms with Gasteiger partial charge in [-0.1, -0.05) is 17.7 Å². The Morgan fingerprint density at radius 3 is 2.88 bits per heavy atom. The van der Waals surface area contributed by atoms with E-state index in [1.54, 1.807) is 0 Å². The summed E-state index contributed by atoms with van der Waals surface area (Å²) in [6.07, 6.45) is 0.657. The lowest BCUT2D eigenvalue weighted by molar-refractivity contribution is -0.117. The molecule has 1 aromatic rings. The second kappa shape index (κ2) is 4.85. The summed E-state index contributed by atoms with van der Waals surface area (Å²) in [5.41, 5.74) is 4.21. The summed E-state index contributed by atoms with van der Waals surface area (Å²) in [5, 5.41) is 14.8. The summed E-state index contributed by atoms with van der Waals surface area (Å²) in [5.74, 6) is -0.00774. The maximum atomic E-state index is 11.9. The maximum absolute atomic E-state index is 11.9. The summed E-state index contributed by atoms with van der Waals surface area (Å²) in [4.78, 5) is 11.9. The molecule has 1 atom stereocenters. The molecule has 0 bridgehead atoms. The second-order valence-electron chi connectivity index (χ2n) is 4.50. The molecule has 17 heavy (non-hydrogen) atoms. The third kappa shape index (κ3) is 2.33. The van der Waals surface area contributed by atoms with E-state index in [4.69, 9.17) is 5.11 Å². The SMILES string of the molecule is Cc1cc(C)c2c(c1)C(NCCCO)C(=O)N2. The number of carbonyl (C=O) groups is 1. The Morgan fingerprint density at radius 1 is 1.41 bits per heavy atom. The molecule has 0 fully saturated rings. The number of nitrogens with one attached hydrogen (secondary N) is 2. The Morgan fingerprint density at radius 2 is 2.18 bits per heavy atom. The highest BCUT2D eigenvalue weighted by Crippen LogP contribution is 2.34. The van der Waals surface area contributed by atoms with Gasteiger partial charge in [0.05, 0.1) is 0 Å². The Balaban J connectivity index is 2.23. The highest BCUT2D eigenvalue weighted by atomic mass is 16.3. The predicted octanol–water partition coefficient (Wildman–Crippen LogP) is 1.27. The number of aryl methyl sites for hydroxylation is 2. The van der Waals surface area contributed by atoms with Crippen LogP contribution < -0.4 is 10.6 Å². The van der Waals surface area contributed by atoms with E-state index >= 15 is 0 Å². The van der Waals surface area contributed by atoms with Crippen molar-refractivity contribution in [1.29, 1.82) is 0 Å². The summed E-state index contributed by atoms with van der Waals surface area (Å²) < 4.78 is 0. The summed E-state index contributed by atoms with van der Waals surface area (Å²) in [7, 11) is 0. The fourth-order valence-corrected chi connectivity index (χ4v) is 2.26. The number of aliphatic hydroxyl groups is 1. The molecule has 4 heteroatoms. The molecule has 0 saturated carbocycles. The van der Waals surface area contributed by atoms with E-state index < -0.39 is 0 Å². The molecule has 2 rings (SSSR count). The lowest BCUT2D eigenvalue weighted by atomic mass is 10.0. The zero-order valence-corrected chi connectivity index (χ0v) is 10.2. The molecule has 0 radical (unpaired) electrons. The van der Waals surface area contributed by atoms with Crippen molar-refractivity contribution < 1.29 is 9.90 Å². The normalized spacial score (nSPS) is 18.1. The van der Waals surface area contributed by atoms with Gasteiger partial charge in [0.1, 0.15) is 6.04 Å². The topological polar surface area (TPSA) is 61.4 Å². The minimum absolute atomic E-state index is 0.00774. The van der Waals surface area contributed by atoms with Crippen LogP contribution in [0.4, 0.5) is 5.69 Å². The van der Waals surface area contributed by atoms with Crippen molar-refractivity contribution in [3.63, 3.8) is 0 Å². The third-order valence-corrected chi connectivity index (χ3v) is 3.02. The van der Waals surface area contributed by atoms with Gasteiger partial charge in [0, 0.05) is 17.9 Å². The van der Waals surface area contributed by atoms with Gasteiger partial charge in [0.2, 0.25) is 5.91 Å². The minimum Gasteiger partial charge on any atom is -0.396 e. The van der Waals surface area contributed by atoms with Gasteiger partial charge in [-0.2, -0.15) is 0 Å².